The van der Waals surface area contributed by atoms with Gasteiger partial charge in [0.2, 0.25) is 0 Å². The Morgan fingerprint density at radius 1 is 0.562 bits per heavy atom. The van der Waals surface area contributed by atoms with Crippen LogP contribution in [0.2, 0.25) is 0 Å². The Kier molecular flexibility index (Phi) is 15.8. The molecule has 0 aliphatic carbocycles. The molecule has 0 radical (unpaired) electrons. The van der Waals surface area contributed by atoms with Crippen molar-refractivity contribution < 1.29 is 9.13 Å². The Hall–Kier alpha value is -0.390. The van der Waals surface area contributed by atoms with E-state index in [0.29, 0.717) is 12.3 Å². The molecule has 1 aromatic heterocycles. The highest BCUT2D eigenvalue weighted by Crippen LogP contribution is 2.52. The molecule has 0 amide bonds. The maximum Gasteiger partial charge on any atom is 0.0934 e. The second-order valence-electron chi connectivity index (χ2n) is 9.78. The zero-order valence-corrected chi connectivity index (χ0v) is 23.4. The molecule has 0 bridgehead atoms. The highest BCUT2D eigenvalue weighted by Gasteiger charge is 2.25. The van der Waals surface area contributed by atoms with Crippen molar-refractivity contribution >= 4 is 14.3 Å². The number of aromatic nitrogens is 1. The molecule has 0 unspecified atom stereocenters. The SMILES string of the molecule is CCCCCP(=O)(CCCCC)Cc1cccc(CP(=O)(CCCCC)CCCCC)n1. The highest BCUT2D eigenvalue weighted by atomic mass is 31.2. The molecule has 0 saturated carbocycles. The minimum Gasteiger partial charge on any atom is -0.323 e. The fourth-order valence-corrected chi connectivity index (χ4v) is 10.2. The third-order valence-electron chi connectivity index (χ3n) is 6.44. The van der Waals surface area contributed by atoms with E-state index in [0.717, 1.165) is 113 Å². The second kappa shape index (κ2) is 17.1. The highest BCUT2D eigenvalue weighted by molar-refractivity contribution is 7.63. The van der Waals surface area contributed by atoms with Crippen LogP contribution >= 0.6 is 14.3 Å². The van der Waals surface area contributed by atoms with Crippen LogP contribution in [0.25, 0.3) is 0 Å². The molecule has 186 valence electrons. The zero-order chi connectivity index (χ0) is 23.7. The summed E-state index contributed by atoms with van der Waals surface area (Å²) in [5.41, 5.74) is 1.90. The number of hydrogen-bond donors (Lipinski definition) is 0. The molecule has 0 aliphatic rings. The number of nitrogens with zero attached hydrogens (tertiary/aromatic N) is 1. The average Bonchev–Trinajstić information content (AvgIpc) is 2.75. The fourth-order valence-electron chi connectivity index (χ4n) is 4.44. The lowest BCUT2D eigenvalue weighted by Gasteiger charge is -2.20. The van der Waals surface area contributed by atoms with Gasteiger partial charge in [0.1, 0.15) is 0 Å². The van der Waals surface area contributed by atoms with Crippen LogP contribution < -0.4 is 0 Å². The van der Waals surface area contributed by atoms with E-state index in [9.17, 15) is 9.13 Å². The van der Waals surface area contributed by atoms with Crippen molar-refractivity contribution in [3.05, 3.63) is 29.6 Å². The van der Waals surface area contributed by atoms with Crippen molar-refractivity contribution in [2.24, 2.45) is 0 Å². The van der Waals surface area contributed by atoms with Gasteiger partial charge in [0.25, 0.3) is 0 Å². The lowest BCUT2D eigenvalue weighted by atomic mass is 10.3. The Balaban J connectivity index is 2.91. The van der Waals surface area contributed by atoms with E-state index in [2.05, 4.69) is 27.7 Å². The standard InChI is InChI=1S/C27H51NO2P2/c1-5-9-13-20-31(29,21-14-10-6-2)24-26-18-17-19-27(28-26)25-32(30,22-15-11-7-3)23-16-12-8-4/h17-19H,5-16,20-25H2,1-4H3. The Morgan fingerprint density at radius 3 is 1.16 bits per heavy atom. The van der Waals surface area contributed by atoms with E-state index in [1.807, 2.05) is 18.2 Å². The van der Waals surface area contributed by atoms with Crippen LogP contribution in [0.3, 0.4) is 0 Å². The Bertz CT molecular complexity index is 621. The van der Waals surface area contributed by atoms with E-state index < -0.39 is 14.3 Å². The molecular weight excluding hydrogens is 432 g/mol. The first-order chi connectivity index (χ1) is 15.4. The maximum absolute atomic E-state index is 13.8. The first-order valence-electron chi connectivity index (χ1n) is 13.5. The molecular formula is C27H51NO2P2. The van der Waals surface area contributed by atoms with Crippen LogP contribution in [0.5, 0.6) is 0 Å². The van der Waals surface area contributed by atoms with Crippen LogP contribution in [-0.2, 0) is 21.5 Å². The molecule has 0 aliphatic heterocycles. The normalized spacial score (nSPS) is 12.4. The minimum absolute atomic E-state index is 0.615. The molecule has 0 aromatic carbocycles. The van der Waals surface area contributed by atoms with Crippen LogP contribution in [-0.4, -0.2) is 29.6 Å². The number of rotatable bonds is 20. The Morgan fingerprint density at radius 2 is 0.875 bits per heavy atom. The minimum atomic E-state index is -2.25. The molecule has 3 nitrogen and oxygen atoms in total. The average molecular weight is 484 g/mol. The molecule has 0 atom stereocenters. The topological polar surface area (TPSA) is 47.0 Å². The number of hydrogen-bond acceptors (Lipinski definition) is 3. The predicted molar refractivity (Wildman–Crippen MR) is 144 cm³/mol. The van der Waals surface area contributed by atoms with Gasteiger partial charge < -0.3 is 9.13 Å². The second-order valence-corrected chi connectivity index (χ2v) is 16.4. The summed E-state index contributed by atoms with van der Waals surface area (Å²) in [6.45, 7) is 8.80. The van der Waals surface area contributed by atoms with Gasteiger partial charge in [-0.2, -0.15) is 0 Å². The zero-order valence-electron chi connectivity index (χ0n) is 21.6. The summed E-state index contributed by atoms with van der Waals surface area (Å²) in [6.07, 6.45) is 18.1. The summed E-state index contributed by atoms with van der Waals surface area (Å²) >= 11 is 0. The summed E-state index contributed by atoms with van der Waals surface area (Å²) < 4.78 is 27.6. The first-order valence-corrected chi connectivity index (χ1v) is 18.0. The molecule has 0 saturated heterocycles. The van der Waals surface area contributed by atoms with Gasteiger partial charge in [-0.1, -0.05) is 85.1 Å². The van der Waals surface area contributed by atoms with E-state index in [1.165, 1.54) is 0 Å². The summed E-state index contributed by atoms with van der Waals surface area (Å²) in [6, 6.07) is 6.12. The van der Waals surface area contributed by atoms with Crippen molar-refractivity contribution in [1.29, 1.82) is 0 Å². The number of pyridine rings is 1. The third-order valence-corrected chi connectivity index (χ3v) is 12.8. The number of unbranched alkanes of at least 4 members (excludes halogenated alkanes) is 8. The molecule has 0 spiro atoms. The lowest BCUT2D eigenvalue weighted by molar-refractivity contribution is 0.566. The summed E-state index contributed by atoms with van der Waals surface area (Å²) in [5, 5.41) is 0. The quantitative estimate of drug-likeness (QED) is 0.137. The van der Waals surface area contributed by atoms with Crippen molar-refractivity contribution in [2.75, 3.05) is 24.6 Å². The van der Waals surface area contributed by atoms with E-state index in [1.54, 1.807) is 0 Å². The molecule has 5 heteroatoms. The maximum atomic E-state index is 13.8. The van der Waals surface area contributed by atoms with Gasteiger partial charge in [0.15, 0.2) is 0 Å². The van der Waals surface area contributed by atoms with Crippen LogP contribution in [0.15, 0.2) is 18.2 Å². The van der Waals surface area contributed by atoms with Crippen molar-refractivity contribution in [1.82, 2.24) is 4.98 Å². The van der Waals surface area contributed by atoms with Gasteiger partial charge in [-0.3, -0.25) is 4.98 Å². The van der Waals surface area contributed by atoms with Gasteiger partial charge in [-0.15, -0.1) is 0 Å². The largest absolute Gasteiger partial charge is 0.323 e. The van der Waals surface area contributed by atoms with Crippen LogP contribution in [0.4, 0.5) is 0 Å². The molecule has 1 aromatic rings. The van der Waals surface area contributed by atoms with Gasteiger partial charge >= 0.3 is 0 Å². The van der Waals surface area contributed by atoms with Gasteiger partial charge in [0.05, 0.1) is 14.3 Å². The third kappa shape index (κ3) is 12.7. The van der Waals surface area contributed by atoms with Crippen molar-refractivity contribution in [2.45, 2.75) is 117 Å². The summed E-state index contributed by atoms with van der Waals surface area (Å²) in [5.74, 6) is 0. The fraction of sp³-hybridized carbons (Fsp3) is 0.815. The van der Waals surface area contributed by atoms with E-state index in [-0.39, 0.29) is 0 Å². The van der Waals surface area contributed by atoms with Gasteiger partial charge in [0, 0.05) is 48.4 Å². The predicted octanol–water partition coefficient (Wildman–Crippen LogP) is 9.57. The molecule has 1 rings (SSSR count). The monoisotopic (exact) mass is 483 g/mol. The van der Waals surface area contributed by atoms with Crippen molar-refractivity contribution in [3.63, 3.8) is 0 Å². The molecule has 32 heavy (non-hydrogen) atoms. The van der Waals surface area contributed by atoms with E-state index in [4.69, 9.17) is 4.98 Å². The lowest BCUT2D eigenvalue weighted by Crippen LogP contribution is -2.05. The molecule has 1 heterocycles. The van der Waals surface area contributed by atoms with Gasteiger partial charge in [-0.25, -0.2) is 0 Å². The summed E-state index contributed by atoms with van der Waals surface area (Å²) in [4.78, 5) is 4.91. The smallest absolute Gasteiger partial charge is 0.0934 e. The summed E-state index contributed by atoms with van der Waals surface area (Å²) in [7, 11) is -4.49. The van der Waals surface area contributed by atoms with Gasteiger partial charge in [-0.05, 0) is 37.8 Å². The van der Waals surface area contributed by atoms with Crippen LogP contribution in [0, 0.1) is 0 Å². The molecule has 0 fully saturated rings. The van der Waals surface area contributed by atoms with Crippen LogP contribution in [0.1, 0.15) is 116 Å². The van der Waals surface area contributed by atoms with Crippen molar-refractivity contribution in [3.8, 4) is 0 Å². The van der Waals surface area contributed by atoms with E-state index >= 15 is 0 Å². The first kappa shape index (κ1) is 29.6. The Labute approximate surface area is 199 Å². The molecule has 0 N–H and O–H groups in total.